The first kappa shape index (κ1) is 15.8. The Kier molecular flexibility index (Phi) is 4.02. The van der Waals surface area contributed by atoms with E-state index >= 15 is 0 Å². The Morgan fingerprint density at radius 3 is 2.54 bits per heavy atom. The van der Waals surface area contributed by atoms with Crippen LogP contribution in [-0.2, 0) is 4.74 Å². The first-order valence-corrected chi connectivity index (χ1v) is 7.94. The number of ether oxygens (including phenoxy) is 1. The molecule has 4 rings (SSSR count). The van der Waals surface area contributed by atoms with Crippen LogP contribution in [0.15, 0.2) is 59.5 Å². The Balaban J connectivity index is 1.91. The molecule has 0 atom stereocenters. The quantitative estimate of drug-likeness (QED) is 0.509. The normalized spacial score (nSPS) is 10.8. The summed E-state index contributed by atoms with van der Waals surface area (Å²) in [5.74, 6) is 0.173. The Hall–Kier alpha value is -3.75. The molecule has 3 aromatic heterocycles. The van der Waals surface area contributed by atoms with Crippen molar-refractivity contribution >= 4 is 5.97 Å². The maximum atomic E-state index is 12.3. The van der Waals surface area contributed by atoms with Crippen LogP contribution in [0.2, 0.25) is 0 Å². The van der Waals surface area contributed by atoms with Crippen molar-refractivity contribution in [2.24, 2.45) is 0 Å². The summed E-state index contributed by atoms with van der Waals surface area (Å²) in [5, 5.41) is 16.0. The molecule has 0 fully saturated rings. The van der Waals surface area contributed by atoms with Gasteiger partial charge in [-0.25, -0.2) is 9.42 Å². The summed E-state index contributed by atoms with van der Waals surface area (Å²) in [6, 6.07) is 13.0. The number of esters is 1. The van der Waals surface area contributed by atoms with Crippen LogP contribution in [0.25, 0.3) is 22.9 Å². The van der Waals surface area contributed by atoms with Gasteiger partial charge in [-0.1, -0.05) is 35.5 Å². The van der Waals surface area contributed by atoms with Crippen LogP contribution in [0.5, 0.6) is 0 Å². The summed E-state index contributed by atoms with van der Waals surface area (Å²) >= 11 is 0. The number of nitrogens with zero attached hydrogens (tertiary/aromatic N) is 6. The molecule has 9 heteroatoms. The van der Waals surface area contributed by atoms with Crippen molar-refractivity contribution in [3.63, 3.8) is 0 Å². The minimum Gasteiger partial charge on any atom is -0.461 e. The fourth-order valence-corrected chi connectivity index (χ4v) is 2.57. The number of hydrogen-bond acceptors (Lipinski definition) is 7. The summed E-state index contributed by atoms with van der Waals surface area (Å²) < 4.78 is 13.2. The van der Waals surface area contributed by atoms with Gasteiger partial charge in [-0.05, 0) is 29.4 Å². The van der Waals surface area contributed by atoms with E-state index in [0.29, 0.717) is 17.3 Å². The van der Waals surface area contributed by atoms with Crippen LogP contribution in [0.4, 0.5) is 0 Å². The average molecular weight is 350 g/mol. The predicted molar refractivity (Wildman–Crippen MR) is 89.9 cm³/mol. The zero-order valence-corrected chi connectivity index (χ0v) is 13.8. The maximum Gasteiger partial charge on any atom is 0.361 e. The highest BCUT2D eigenvalue weighted by Gasteiger charge is 2.26. The van der Waals surface area contributed by atoms with Gasteiger partial charge in [-0.3, -0.25) is 0 Å². The van der Waals surface area contributed by atoms with Gasteiger partial charge >= 0.3 is 5.97 Å². The third kappa shape index (κ3) is 2.65. The van der Waals surface area contributed by atoms with Gasteiger partial charge in [0.05, 0.1) is 6.61 Å². The van der Waals surface area contributed by atoms with Crippen molar-refractivity contribution in [3.8, 4) is 22.9 Å². The van der Waals surface area contributed by atoms with E-state index < -0.39 is 5.97 Å². The number of carbonyl (C=O) groups is 1. The molecule has 0 bridgehead atoms. The molecule has 26 heavy (non-hydrogen) atoms. The molecule has 3 heterocycles. The molecule has 0 unspecified atom stereocenters. The van der Waals surface area contributed by atoms with Crippen LogP contribution in [0.3, 0.4) is 0 Å². The highest BCUT2D eigenvalue weighted by atomic mass is 16.6. The highest BCUT2D eigenvalue weighted by molar-refractivity contribution is 5.94. The molecule has 130 valence electrons. The van der Waals surface area contributed by atoms with E-state index in [0.717, 1.165) is 5.56 Å². The van der Waals surface area contributed by atoms with Gasteiger partial charge in [0.1, 0.15) is 5.69 Å². The standard InChI is InChI=1S/C17H14N6O3/c1-2-25-17(24)13-14(12-8-4-3-5-9-12)23(21-18-13)16-15(19-26-20-16)22-10-6-7-11-22/h3-11H,2H2,1H3. The second-order valence-electron chi connectivity index (χ2n) is 5.29. The molecule has 4 aromatic rings. The zero-order valence-electron chi connectivity index (χ0n) is 13.8. The van der Waals surface area contributed by atoms with Gasteiger partial charge in [0.15, 0.2) is 5.69 Å². The van der Waals surface area contributed by atoms with Crippen molar-refractivity contribution in [3.05, 3.63) is 60.6 Å². The van der Waals surface area contributed by atoms with E-state index in [2.05, 4.69) is 20.6 Å². The Morgan fingerprint density at radius 1 is 1.08 bits per heavy atom. The van der Waals surface area contributed by atoms with Gasteiger partial charge in [0.2, 0.25) is 11.6 Å². The van der Waals surface area contributed by atoms with E-state index in [9.17, 15) is 4.79 Å². The van der Waals surface area contributed by atoms with Crippen molar-refractivity contribution < 1.29 is 14.2 Å². The number of rotatable bonds is 5. The molecule has 0 amide bonds. The second-order valence-corrected chi connectivity index (χ2v) is 5.29. The fourth-order valence-electron chi connectivity index (χ4n) is 2.57. The lowest BCUT2D eigenvalue weighted by atomic mass is 10.1. The maximum absolute atomic E-state index is 12.3. The van der Waals surface area contributed by atoms with Crippen molar-refractivity contribution in [2.75, 3.05) is 6.61 Å². The van der Waals surface area contributed by atoms with Crippen LogP contribution >= 0.6 is 0 Å². The van der Waals surface area contributed by atoms with Crippen LogP contribution in [-0.4, -0.2) is 42.5 Å². The SMILES string of the molecule is CCOC(=O)c1nnn(-c2nonc2-n2cccc2)c1-c1ccccc1. The number of benzene rings is 1. The Bertz CT molecular complexity index is 1020. The van der Waals surface area contributed by atoms with E-state index in [-0.39, 0.29) is 12.3 Å². The minimum absolute atomic E-state index is 0.0968. The van der Waals surface area contributed by atoms with Gasteiger partial charge in [0.25, 0.3) is 0 Å². The molecule has 0 saturated heterocycles. The largest absolute Gasteiger partial charge is 0.461 e. The van der Waals surface area contributed by atoms with E-state index in [4.69, 9.17) is 9.37 Å². The fraction of sp³-hybridized carbons (Fsp3) is 0.118. The van der Waals surface area contributed by atoms with Gasteiger partial charge in [-0.2, -0.15) is 4.68 Å². The van der Waals surface area contributed by atoms with Crippen molar-refractivity contribution in [2.45, 2.75) is 6.92 Å². The molecule has 1 aromatic carbocycles. The molecular formula is C17H14N6O3. The summed E-state index contributed by atoms with van der Waals surface area (Å²) in [5.41, 5.74) is 1.29. The minimum atomic E-state index is -0.559. The summed E-state index contributed by atoms with van der Waals surface area (Å²) in [7, 11) is 0. The van der Waals surface area contributed by atoms with Crippen molar-refractivity contribution in [1.82, 2.24) is 29.9 Å². The Morgan fingerprint density at radius 2 is 1.81 bits per heavy atom. The topological polar surface area (TPSA) is 101 Å². The van der Waals surface area contributed by atoms with Crippen molar-refractivity contribution in [1.29, 1.82) is 0 Å². The van der Waals surface area contributed by atoms with Gasteiger partial charge < -0.3 is 9.30 Å². The zero-order chi connectivity index (χ0) is 17.9. The van der Waals surface area contributed by atoms with E-state index in [1.807, 2.05) is 42.5 Å². The van der Waals surface area contributed by atoms with Gasteiger partial charge in [-0.15, -0.1) is 5.10 Å². The molecule has 0 aliphatic carbocycles. The summed E-state index contributed by atoms with van der Waals surface area (Å²) in [4.78, 5) is 12.3. The smallest absolute Gasteiger partial charge is 0.361 e. The third-order valence-electron chi connectivity index (χ3n) is 3.69. The highest BCUT2D eigenvalue weighted by Crippen LogP contribution is 2.27. The lowest BCUT2D eigenvalue weighted by Crippen LogP contribution is -2.09. The molecule has 0 spiro atoms. The molecular weight excluding hydrogens is 336 g/mol. The van der Waals surface area contributed by atoms with E-state index in [1.54, 1.807) is 23.9 Å². The molecule has 0 radical (unpaired) electrons. The lowest BCUT2D eigenvalue weighted by Gasteiger charge is -2.07. The predicted octanol–water partition coefficient (Wildman–Crippen LogP) is 2.28. The number of carbonyl (C=O) groups excluding carboxylic acids is 1. The monoisotopic (exact) mass is 350 g/mol. The molecule has 0 N–H and O–H groups in total. The number of hydrogen-bond donors (Lipinski definition) is 0. The van der Waals surface area contributed by atoms with Gasteiger partial charge in [0, 0.05) is 18.0 Å². The Labute approximate surface area is 147 Å². The molecule has 9 nitrogen and oxygen atoms in total. The van der Waals surface area contributed by atoms with Crippen LogP contribution in [0, 0.1) is 0 Å². The molecule has 0 saturated carbocycles. The number of aromatic nitrogens is 6. The van der Waals surface area contributed by atoms with Crippen LogP contribution < -0.4 is 0 Å². The lowest BCUT2D eigenvalue weighted by molar-refractivity contribution is 0.0520. The first-order chi connectivity index (χ1) is 12.8. The second kappa shape index (κ2) is 6.63. The third-order valence-corrected chi connectivity index (χ3v) is 3.69. The summed E-state index contributed by atoms with van der Waals surface area (Å²) in [6.07, 6.45) is 3.60. The average Bonchev–Trinajstić information content (AvgIpc) is 3.40. The summed E-state index contributed by atoms with van der Waals surface area (Å²) in [6.45, 7) is 1.97. The molecule has 0 aliphatic rings. The van der Waals surface area contributed by atoms with Crippen LogP contribution in [0.1, 0.15) is 17.4 Å². The first-order valence-electron chi connectivity index (χ1n) is 7.94. The van der Waals surface area contributed by atoms with E-state index in [1.165, 1.54) is 4.68 Å². The molecule has 0 aliphatic heterocycles.